The fourth-order valence-electron chi connectivity index (χ4n) is 2.61. The van der Waals surface area contributed by atoms with E-state index in [0.717, 1.165) is 34.7 Å². The monoisotopic (exact) mass is 285 g/mol. The lowest BCUT2D eigenvalue weighted by atomic mass is 10.0. The van der Waals surface area contributed by atoms with Gasteiger partial charge in [0.25, 0.3) is 0 Å². The van der Waals surface area contributed by atoms with Crippen molar-refractivity contribution in [2.24, 2.45) is 5.92 Å². The molecular formula is C18H27N3. The molecule has 3 nitrogen and oxygen atoms in total. The second-order valence-corrected chi connectivity index (χ2v) is 6.13. The number of pyridine rings is 1. The van der Waals surface area contributed by atoms with Crippen LogP contribution in [0, 0.1) is 5.92 Å². The zero-order valence-electron chi connectivity index (χ0n) is 13.2. The van der Waals surface area contributed by atoms with Gasteiger partial charge < -0.3 is 11.1 Å². The summed E-state index contributed by atoms with van der Waals surface area (Å²) < 4.78 is 0. The molecule has 1 heterocycles. The number of benzene rings is 1. The lowest BCUT2D eigenvalue weighted by Gasteiger charge is -2.10. The van der Waals surface area contributed by atoms with Gasteiger partial charge in [-0.25, -0.2) is 0 Å². The Kier molecular flexibility index (Phi) is 5.85. The summed E-state index contributed by atoms with van der Waals surface area (Å²) in [5.74, 6) is 0.830. The summed E-state index contributed by atoms with van der Waals surface area (Å²) in [6, 6.07) is 7.98. The van der Waals surface area contributed by atoms with Gasteiger partial charge in [0.2, 0.25) is 0 Å². The van der Waals surface area contributed by atoms with Crippen LogP contribution in [0.1, 0.15) is 46.0 Å². The summed E-state index contributed by atoms with van der Waals surface area (Å²) in [6.45, 7) is 5.60. The zero-order valence-corrected chi connectivity index (χ0v) is 13.2. The molecule has 0 amide bonds. The third-order valence-corrected chi connectivity index (χ3v) is 3.83. The van der Waals surface area contributed by atoms with E-state index in [-0.39, 0.29) is 0 Å². The van der Waals surface area contributed by atoms with Crippen LogP contribution in [0.4, 0.5) is 11.4 Å². The first-order chi connectivity index (χ1) is 10.2. The van der Waals surface area contributed by atoms with E-state index in [9.17, 15) is 0 Å². The van der Waals surface area contributed by atoms with Crippen LogP contribution in [0.3, 0.4) is 0 Å². The Labute approximate surface area is 128 Å². The smallest absolute Gasteiger partial charge is 0.0951 e. The van der Waals surface area contributed by atoms with Gasteiger partial charge in [-0.05, 0) is 24.5 Å². The number of nitrogens with zero attached hydrogens (tertiary/aromatic N) is 1. The van der Waals surface area contributed by atoms with Crippen molar-refractivity contribution in [3.8, 4) is 0 Å². The Balaban J connectivity index is 1.80. The summed E-state index contributed by atoms with van der Waals surface area (Å²) in [5.41, 5.74) is 8.73. The van der Waals surface area contributed by atoms with Crippen molar-refractivity contribution in [1.29, 1.82) is 0 Å². The number of unbranched alkanes of at least 4 members (excludes halogenated alkanes) is 3. The standard InChI is InChI=1S/C18H27N3/c1-14(2)8-5-3-4-6-12-20-17-11-13-21-18-15(17)9-7-10-16(18)19/h7,9-11,13-14H,3-6,8,12,19H2,1-2H3,(H,20,21). The van der Waals surface area contributed by atoms with Gasteiger partial charge in [0.15, 0.2) is 0 Å². The van der Waals surface area contributed by atoms with Gasteiger partial charge >= 0.3 is 0 Å². The summed E-state index contributed by atoms with van der Waals surface area (Å²) >= 11 is 0. The minimum Gasteiger partial charge on any atom is -0.397 e. The average molecular weight is 285 g/mol. The van der Waals surface area contributed by atoms with Crippen LogP contribution in [0.15, 0.2) is 30.5 Å². The van der Waals surface area contributed by atoms with E-state index in [2.05, 4.69) is 30.2 Å². The van der Waals surface area contributed by atoms with E-state index in [4.69, 9.17) is 5.73 Å². The highest BCUT2D eigenvalue weighted by Gasteiger charge is 2.03. The topological polar surface area (TPSA) is 50.9 Å². The van der Waals surface area contributed by atoms with Crippen LogP contribution in [-0.2, 0) is 0 Å². The molecule has 2 aromatic rings. The molecule has 114 valence electrons. The second-order valence-electron chi connectivity index (χ2n) is 6.13. The van der Waals surface area contributed by atoms with Gasteiger partial charge in [-0.1, -0.05) is 51.7 Å². The Morgan fingerprint density at radius 3 is 2.71 bits per heavy atom. The molecule has 1 aromatic heterocycles. The van der Waals surface area contributed by atoms with Crippen LogP contribution in [0.25, 0.3) is 10.9 Å². The van der Waals surface area contributed by atoms with E-state index in [1.54, 1.807) is 0 Å². The minimum atomic E-state index is 0.741. The Morgan fingerprint density at radius 2 is 1.90 bits per heavy atom. The van der Waals surface area contributed by atoms with Crippen molar-refractivity contribution in [3.63, 3.8) is 0 Å². The quantitative estimate of drug-likeness (QED) is 0.539. The number of nitrogens with two attached hydrogens (primary N) is 1. The van der Waals surface area contributed by atoms with Crippen molar-refractivity contribution in [2.75, 3.05) is 17.6 Å². The molecule has 0 atom stereocenters. The number of rotatable bonds is 8. The lowest BCUT2D eigenvalue weighted by Crippen LogP contribution is -2.03. The summed E-state index contributed by atoms with van der Waals surface area (Å²) in [5, 5.41) is 4.63. The largest absolute Gasteiger partial charge is 0.397 e. The summed E-state index contributed by atoms with van der Waals surface area (Å²) in [7, 11) is 0. The molecular weight excluding hydrogens is 258 g/mol. The molecule has 0 aliphatic carbocycles. The molecule has 0 saturated heterocycles. The zero-order chi connectivity index (χ0) is 15.1. The van der Waals surface area contributed by atoms with Crippen LogP contribution in [0.2, 0.25) is 0 Å². The number of hydrogen-bond acceptors (Lipinski definition) is 3. The number of hydrogen-bond donors (Lipinski definition) is 2. The van der Waals surface area contributed by atoms with Crippen molar-refractivity contribution in [2.45, 2.75) is 46.0 Å². The maximum Gasteiger partial charge on any atom is 0.0951 e. The molecule has 0 unspecified atom stereocenters. The molecule has 0 aliphatic rings. The first-order valence-electron chi connectivity index (χ1n) is 8.05. The Bertz CT molecular complexity index is 563. The molecule has 0 radical (unpaired) electrons. The third kappa shape index (κ3) is 4.62. The fourth-order valence-corrected chi connectivity index (χ4v) is 2.61. The highest BCUT2D eigenvalue weighted by molar-refractivity contribution is 5.97. The van der Waals surface area contributed by atoms with E-state index < -0.39 is 0 Å². The predicted octanol–water partition coefficient (Wildman–Crippen LogP) is 4.84. The van der Waals surface area contributed by atoms with Crippen LogP contribution < -0.4 is 11.1 Å². The Morgan fingerprint density at radius 1 is 1.10 bits per heavy atom. The molecule has 0 bridgehead atoms. The molecule has 0 fully saturated rings. The molecule has 0 aliphatic heterocycles. The number of para-hydroxylation sites is 1. The first-order valence-corrected chi connectivity index (χ1v) is 8.05. The molecule has 21 heavy (non-hydrogen) atoms. The molecule has 2 rings (SSSR count). The highest BCUT2D eigenvalue weighted by Crippen LogP contribution is 2.25. The van der Waals surface area contributed by atoms with Gasteiger partial charge in [-0.2, -0.15) is 0 Å². The normalized spacial score (nSPS) is 11.2. The maximum absolute atomic E-state index is 5.97. The van der Waals surface area contributed by atoms with Gasteiger partial charge in [-0.3, -0.25) is 4.98 Å². The number of nitrogen functional groups attached to an aromatic ring is 1. The maximum atomic E-state index is 5.97. The highest BCUT2D eigenvalue weighted by atomic mass is 14.9. The van der Waals surface area contributed by atoms with Crippen LogP contribution >= 0.6 is 0 Å². The number of nitrogens with one attached hydrogen (secondary N) is 1. The fraction of sp³-hybridized carbons (Fsp3) is 0.500. The SMILES string of the molecule is CC(C)CCCCCCNc1ccnc2c(N)cccc12. The van der Waals surface area contributed by atoms with Gasteiger partial charge in [-0.15, -0.1) is 0 Å². The Hall–Kier alpha value is -1.77. The third-order valence-electron chi connectivity index (χ3n) is 3.83. The van der Waals surface area contributed by atoms with Crippen molar-refractivity contribution in [3.05, 3.63) is 30.5 Å². The summed E-state index contributed by atoms with van der Waals surface area (Å²) in [4.78, 5) is 4.36. The van der Waals surface area contributed by atoms with Crippen LogP contribution in [0.5, 0.6) is 0 Å². The van der Waals surface area contributed by atoms with Gasteiger partial charge in [0.1, 0.15) is 0 Å². The van der Waals surface area contributed by atoms with E-state index in [0.29, 0.717) is 0 Å². The van der Waals surface area contributed by atoms with E-state index in [1.165, 1.54) is 32.1 Å². The minimum absolute atomic E-state index is 0.741. The average Bonchev–Trinajstić information content (AvgIpc) is 2.47. The van der Waals surface area contributed by atoms with Crippen molar-refractivity contribution in [1.82, 2.24) is 4.98 Å². The van der Waals surface area contributed by atoms with Gasteiger partial charge in [0.05, 0.1) is 11.2 Å². The molecule has 3 heteroatoms. The van der Waals surface area contributed by atoms with E-state index >= 15 is 0 Å². The van der Waals surface area contributed by atoms with E-state index in [1.807, 2.05) is 24.4 Å². The van der Waals surface area contributed by atoms with Crippen molar-refractivity contribution >= 4 is 22.3 Å². The predicted molar refractivity (Wildman–Crippen MR) is 92.6 cm³/mol. The lowest BCUT2D eigenvalue weighted by molar-refractivity contribution is 0.523. The number of fused-ring (bicyclic) bond motifs is 1. The number of aromatic nitrogens is 1. The second kappa shape index (κ2) is 7.87. The molecule has 1 aromatic carbocycles. The first kappa shape index (κ1) is 15.6. The summed E-state index contributed by atoms with van der Waals surface area (Å²) in [6.07, 6.45) is 8.37. The molecule has 3 N–H and O–H groups in total. The molecule has 0 spiro atoms. The van der Waals surface area contributed by atoms with Crippen LogP contribution in [-0.4, -0.2) is 11.5 Å². The number of anilines is 2. The van der Waals surface area contributed by atoms with Crippen molar-refractivity contribution < 1.29 is 0 Å². The molecule has 0 saturated carbocycles. The van der Waals surface area contributed by atoms with Gasteiger partial charge in [0, 0.05) is 23.8 Å².